The molecule has 2 nitrogen and oxygen atoms in total. The highest BCUT2D eigenvalue weighted by atomic mass is 32.2. The van der Waals surface area contributed by atoms with Gasteiger partial charge in [-0.15, -0.1) is 11.8 Å². The Hall–Kier alpha value is -0.540. The molecule has 0 saturated heterocycles. The molecule has 0 aliphatic rings. The molecule has 0 bridgehead atoms. The van der Waals surface area contributed by atoms with Crippen molar-refractivity contribution in [2.24, 2.45) is 11.7 Å². The summed E-state index contributed by atoms with van der Waals surface area (Å²) in [6.45, 7) is 8.61. The zero-order valence-corrected chi connectivity index (χ0v) is 11.5. The molecule has 0 radical (unpaired) electrons. The maximum absolute atomic E-state index is 5.78. The van der Waals surface area contributed by atoms with E-state index in [0.717, 1.165) is 17.2 Å². The van der Waals surface area contributed by atoms with Crippen LogP contribution < -0.4 is 5.73 Å². The molecule has 1 aromatic rings. The van der Waals surface area contributed by atoms with E-state index in [-0.39, 0.29) is 6.04 Å². The lowest BCUT2D eigenvalue weighted by Gasteiger charge is -2.10. The zero-order chi connectivity index (χ0) is 12.1. The summed E-state index contributed by atoms with van der Waals surface area (Å²) in [5, 5.41) is 1.15. The summed E-state index contributed by atoms with van der Waals surface area (Å²) >= 11 is 1.84. The third-order valence-electron chi connectivity index (χ3n) is 2.20. The molecule has 1 heterocycles. The average molecular weight is 238 g/mol. The largest absolute Gasteiger partial charge is 0.328 e. The van der Waals surface area contributed by atoms with Gasteiger partial charge in [-0.05, 0) is 37.3 Å². The van der Waals surface area contributed by atoms with Crippen molar-refractivity contribution >= 4 is 11.8 Å². The van der Waals surface area contributed by atoms with Crippen LogP contribution in [0.4, 0.5) is 0 Å². The van der Waals surface area contributed by atoms with Crippen LogP contribution in [0.1, 0.15) is 31.9 Å². The molecule has 2 N–H and O–H groups in total. The molecule has 0 amide bonds. The third-order valence-corrected chi connectivity index (χ3v) is 3.73. The van der Waals surface area contributed by atoms with Crippen molar-refractivity contribution < 1.29 is 0 Å². The van der Waals surface area contributed by atoms with Crippen LogP contribution in [0.2, 0.25) is 0 Å². The van der Waals surface area contributed by atoms with Crippen LogP contribution in [0.5, 0.6) is 0 Å². The Balaban J connectivity index is 2.67. The predicted molar refractivity (Wildman–Crippen MR) is 71.9 cm³/mol. The van der Waals surface area contributed by atoms with E-state index >= 15 is 0 Å². The van der Waals surface area contributed by atoms with Gasteiger partial charge in [0.25, 0.3) is 0 Å². The number of hydrogen-bond acceptors (Lipinski definition) is 3. The zero-order valence-electron chi connectivity index (χ0n) is 10.7. The van der Waals surface area contributed by atoms with Gasteiger partial charge in [0.15, 0.2) is 0 Å². The van der Waals surface area contributed by atoms with Gasteiger partial charge in [0.1, 0.15) is 0 Å². The molecule has 16 heavy (non-hydrogen) atoms. The molecule has 0 spiro atoms. The van der Waals surface area contributed by atoms with Crippen molar-refractivity contribution in [1.82, 2.24) is 4.98 Å². The van der Waals surface area contributed by atoms with Crippen molar-refractivity contribution in [2.75, 3.05) is 5.75 Å². The van der Waals surface area contributed by atoms with Crippen LogP contribution in [-0.4, -0.2) is 16.8 Å². The van der Waals surface area contributed by atoms with Gasteiger partial charge in [0.2, 0.25) is 0 Å². The van der Waals surface area contributed by atoms with Gasteiger partial charge in [-0.3, -0.25) is 0 Å². The van der Waals surface area contributed by atoms with E-state index < -0.39 is 0 Å². The smallest absolute Gasteiger partial charge is 0.0989 e. The summed E-state index contributed by atoms with van der Waals surface area (Å²) in [6.07, 6.45) is 2.86. The Kier molecular flexibility index (Phi) is 5.29. The monoisotopic (exact) mass is 238 g/mol. The number of rotatable bonds is 5. The fraction of sp³-hybridized carbons (Fsp3) is 0.615. The lowest BCUT2D eigenvalue weighted by molar-refractivity contribution is 0.732. The van der Waals surface area contributed by atoms with Gasteiger partial charge in [-0.1, -0.05) is 19.9 Å². The summed E-state index contributed by atoms with van der Waals surface area (Å²) in [5.74, 6) is 1.83. The average Bonchev–Trinajstić information content (AvgIpc) is 2.15. The van der Waals surface area contributed by atoms with E-state index in [2.05, 4.69) is 31.8 Å². The van der Waals surface area contributed by atoms with E-state index in [1.54, 1.807) is 0 Å². The molecular formula is C13H22N2S. The SMILES string of the molecule is Cc1cc(CC(C)N)cnc1SCC(C)C. The molecule has 1 rings (SSSR count). The van der Waals surface area contributed by atoms with Gasteiger partial charge in [-0.25, -0.2) is 4.98 Å². The van der Waals surface area contributed by atoms with Crippen molar-refractivity contribution in [3.8, 4) is 0 Å². The number of hydrogen-bond donors (Lipinski definition) is 1. The first kappa shape index (κ1) is 13.5. The third kappa shape index (κ3) is 4.54. The number of nitrogens with two attached hydrogens (primary N) is 1. The van der Waals surface area contributed by atoms with Crippen LogP contribution in [-0.2, 0) is 6.42 Å². The second-order valence-electron chi connectivity index (χ2n) is 4.85. The van der Waals surface area contributed by atoms with E-state index in [0.29, 0.717) is 5.92 Å². The summed E-state index contributed by atoms with van der Waals surface area (Å²) in [6, 6.07) is 2.41. The Bertz CT molecular complexity index is 335. The summed E-state index contributed by atoms with van der Waals surface area (Å²) in [4.78, 5) is 4.51. The topological polar surface area (TPSA) is 38.9 Å². The van der Waals surface area contributed by atoms with Gasteiger partial charge in [0, 0.05) is 18.0 Å². The van der Waals surface area contributed by atoms with Crippen LogP contribution in [0.15, 0.2) is 17.3 Å². The first-order chi connectivity index (χ1) is 7.49. The van der Waals surface area contributed by atoms with Crippen LogP contribution in [0, 0.1) is 12.8 Å². The summed E-state index contributed by atoms with van der Waals surface area (Å²) in [7, 11) is 0. The van der Waals surface area contributed by atoms with Crippen molar-refractivity contribution in [3.63, 3.8) is 0 Å². The van der Waals surface area contributed by atoms with Crippen LogP contribution in [0.25, 0.3) is 0 Å². The minimum absolute atomic E-state index is 0.204. The molecule has 0 aromatic carbocycles. The molecule has 90 valence electrons. The summed E-state index contributed by atoms with van der Waals surface area (Å²) < 4.78 is 0. The van der Waals surface area contributed by atoms with Crippen molar-refractivity contribution in [1.29, 1.82) is 0 Å². The number of aryl methyl sites for hydroxylation is 1. The van der Waals surface area contributed by atoms with Crippen molar-refractivity contribution in [3.05, 3.63) is 23.4 Å². The second-order valence-corrected chi connectivity index (χ2v) is 5.86. The molecule has 3 heteroatoms. The standard InChI is InChI=1S/C13H22N2S/c1-9(2)8-16-13-10(3)5-12(7-15-13)6-11(4)14/h5,7,9,11H,6,8,14H2,1-4H3. The first-order valence-electron chi connectivity index (χ1n) is 5.83. The Morgan fingerprint density at radius 1 is 1.38 bits per heavy atom. The number of thioether (sulfide) groups is 1. The molecule has 0 fully saturated rings. The Morgan fingerprint density at radius 3 is 2.56 bits per heavy atom. The van der Waals surface area contributed by atoms with Crippen LogP contribution in [0.3, 0.4) is 0 Å². The summed E-state index contributed by atoms with van der Waals surface area (Å²) in [5.41, 5.74) is 8.28. The maximum Gasteiger partial charge on any atom is 0.0989 e. The van der Waals surface area contributed by atoms with Gasteiger partial charge < -0.3 is 5.73 Å². The minimum atomic E-state index is 0.204. The lowest BCUT2D eigenvalue weighted by atomic mass is 10.1. The highest BCUT2D eigenvalue weighted by Gasteiger charge is 2.05. The molecule has 0 saturated carbocycles. The second kappa shape index (κ2) is 6.26. The first-order valence-corrected chi connectivity index (χ1v) is 6.81. The van der Waals surface area contributed by atoms with Gasteiger partial charge in [-0.2, -0.15) is 0 Å². The van der Waals surface area contributed by atoms with E-state index in [1.165, 1.54) is 11.1 Å². The Morgan fingerprint density at radius 2 is 2.06 bits per heavy atom. The minimum Gasteiger partial charge on any atom is -0.328 e. The van der Waals surface area contributed by atoms with E-state index in [4.69, 9.17) is 5.73 Å². The van der Waals surface area contributed by atoms with E-state index in [1.807, 2.05) is 24.9 Å². The highest BCUT2D eigenvalue weighted by molar-refractivity contribution is 7.99. The maximum atomic E-state index is 5.78. The molecule has 1 unspecified atom stereocenters. The molecule has 1 atom stereocenters. The van der Waals surface area contributed by atoms with Gasteiger partial charge in [0.05, 0.1) is 5.03 Å². The number of nitrogens with zero attached hydrogens (tertiary/aromatic N) is 1. The normalized spacial score (nSPS) is 13.1. The molecule has 0 aliphatic carbocycles. The fourth-order valence-electron chi connectivity index (χ4n) is 1.50. The predicted octanol–water partition coefficient (Wildman–Crippen LogP) is 3.03. The fourth-order valence-corrected chi connectivity index (χ4v) is 2.41. The number of pyridine rings is 1. The van der Waals surface area contributed by atoms with E-state index in [9.17, 15) is 0 Å². The molecule has 0 aliphatic heterocycles. The van der Waals surface area contributed by atoms with Crippen molar-refractivity contribution in [2.45, 2.75) is 45.2 Å². The van der Waals surface area contributed by atoms with Crippen LogP contribution >= 0.6 is 11.8 Å². The molecule has 1 aromatic heterocycles. The molecular weight excluding hydrogens is 216 g/mol. The number of aromatic nitrogens is 1. The quantitative estimate of drug-likeness (QED) is 0.801. The van der Waals surface area contributed by atoms with Gasteiger partial charge >= 0.3 is 0 Å². The highest BCUT2D eigenvalue weighted by Crippen LogP contribution is 2.22. The Labute approximate surface area is 103 Å². The lowest BCUT2D eigenvalue weighted by Crippen LogP contribution is -2.17.